The van der Waals surface area contributed by atoms with E-state index in [9.17, 15) is 9.59 Å². The monoisotopic (exact) mass is 228 g/mol. The number of aliphatic carboxylic acids is 1. The third kappa shape index (κ3) is 2.87. The van der Waals surface area contributed by atoms with Gasteiger partial charge in [-0.1, -0.05) is 13.8 Å². The van der Waals surface area contributed by atoms with Crippen LogP contribution in [0.3, 0.4) is 0 Å². The normalized spacial score (nSPS) is 22.2. The van der Waals surface area contributed by atoms with Crippen molar-refractivity contribution >= 4 is 12.0 Å². The molecule has 0 aromatic rings. The molecule has 1 rings (SSSR count). The summed E-state index contributed by atoms with van der Waals surface area (Å²) in [6.45, 7) is 6.36. The summed E-state index contributed by atoms with van der Waals surface area (Å²) in [5, 5.41) is 11.2. The Morgan fingerprint density at radius 2 is 2.00 bits per heavy atom. The third-order valence-corrected chi connectivity index (χ3v) is 3.04. The molecule has 92 valence electrons. The number of carboxylic acid groups (broad SMARTS) is 1. The first-order chi connectivity index (χ1) is 7.43. The summed E-state index contributed by atoms with van der Waals surface area (Å²) < 4.78 is 0. The number of rotatable bonds is 3. The molecule has 1 fully saturated rings. The highest BCUT2D eigenvalue weighted by Gasteiger charge is 2.31. The summed E-state index contributed by atoms with van der Waals surface area (Å²) in [4.78, 5) is 24.2. The van der Waals surface area contributed by atoms with Gasteiger partial charge in [-0.3, -0.25) is 4.79 Å². The molecule has 0 radical (unpaired) electrons. The fourth-order valence-electron chi connectivity index (χ4n) is 2.07. The average Bonchev–Trinajstić information content (AvgIpc) is 2.65. The van der Waals surface area contributed by atoms with Crippen molar-refractivity contribution in [2.75, 3.05) is 6.54 Å². The Kier molecular flexibility index (Phi) is 4.15. The lowest BCUT2D eigenvalue weighted by atomic mass is 10.0. The predicted molar refractivity (Wildman–Crippen MR) is 60.2 cm³/mol. The molecule has 1 aliphatic rings. The van der Waals surface area contributed by atoms with Crippen molar-refractivity contribution in [2.24, 2.45) is 5.92 Å². The summed E-state index contributed by atoms with van der Waals surface area (Å²) >= 11 is 0. The Hall–Kier alpha value is -1.26. The molecule has 2 N–H and O–H groups in total. The van der Waals surface area contributed by atoms with Crippen molar-refractivity contribution in [1.29, 1.82) is 0 Å². The Labute approximate surface area is 95.8 Å². The minimum atomic E-state index is -1.01. The van der Waals surface area contributed by atoms with Crippen LogP contribution in [0, 0.1) is 5.92 Å². The minimum Gasteiger partial charge on any atom is -0.480 e. The number of nitrogens with one attached hydrogen (secondary N) is 1. The van der Waals surface area contributed by atoms with Gasteiger partial charge < -0.3 is 15.3 Å². The molecule has 0 saturated carbocycles. The van der Waals surface area contributed by atoms with E-state index in [1.807, 2.05) is 0 Å². The van der Waals surface area contributed by atoms with E-state index in [1.54, 1.807) is 4.90 Å². The van der Waals surface area contributed by atoms with Crippen LogP contribution in [-0.4, -0.2) is 40.6 Å². The minimum absolute atomic E-state index is 0.237. The second-order valence-corrected chi connectivity index (χ2v) is 4.66. The lowest BCUT2D eigenvalue weighted by Gasteiger charge is -2.28. The maximum atomic E-state index is 11.8. The van der Waals surface area contributed by atoms with E-state index in [0.29, 0.717) is 5.92 Å². The van der Waals surface area contributed by atoms with E-state index >= 15 is 0 Å². The highest BCUT2D eigenvalue weighted by Crippen LogP contribution is 2.23. The van der Waals surface area contributed by atoms with Crippen LogP contribution < -0.4 is 5.32 Å². The zero-order valence-corrected chi connectivity index (χ0v) is 10.1. The third-order valence-electron chi connectivity index (χ3n) is 3.04. The number of carbonyl (C=O) groups excluding carboxylic acids is 1. The fourth-order valence-corrected chi connectivity index (χ4v) is 2.07. The molecule has 0 aromatic carbocycles. The maximum absolute atomic E-state index is 11.8. The van der Waals surface area contributed by atoms with Gasteiger partial charge in [-0.05, 0) is 25.7 Å². The number of hydrogen-bond acceptors (Lipinski definition) is 2. The number of amides is 2. The molecule has 0 spiro atoms. The Morgan fingerprint density at radius 1 is 1.38 bits per heavy atom. The van der Waals surface area contributed by atoms with Crippen molar-refractivity contribution in [3.63, 3.8) is 0 Å². The zero-order valence-electron chi connectivity index (χ0n) is 10.1. The molecule has 2 atom stereocenters. The van der Waals surface area contributed by atoms with Crippen LogP contribution in [0.25, 0.3) is 0 Å². The summed E-state index contributed by atoms with van der Waals surface area (Å²) in [6.07, 6.45) is 2.00. The first kappa shape index (κ1) is 12.8. The Morgan fingerprint density at radius 3 is 2.50 bits per heavy atom. The molecule has 1 saturated heterocycles. The smallest absolute Gasteiger partial charge is 0.325 e. The first-order valence-electron chi connectivity index (χ1n) is 5.73. The second kappa shape index (κ2) is 5.18. The summed E-state index contributed by atoms with van der Waals surface area (Å²) in [5.74, 6) is -0.595. The van der Waals surface area contributed by atoms with Crippen LogP contribution in [0.1, 0.15) is 33.6 Å². The van der Waals surface area contributed by atoms with Crippen molar-refractivity contribution in [1.82, 2.24) is 10.2 Å². The lowest BCUT2D eigenvalue weighted by molar-refractivity contribution is -0.138. The molecule has 16 heavy (non-hydrogen) atoms. The predicted octanol–water partition coefficient (Wildman–Crippen LogP) is 1.29. The molecule has 0 aliphatic carbocycles. The van der Waals surface area contributed by atoms with E-state index < -0.39 is 12.0 Å². The molecule has 5 heteroatoms. The fraction of sp³-hybridized carbons (Fsp3) is 0.818. The second-order valence-electron chi connectivity index (χ2n) is 4.66. The van der Waals surface area contributed by atoms with E-state index in [-0.39, 0.29) is 12.1 Å². The molecular formula is C11H20N2O3. The standard InChI is InChI=1S/C11H20N2O3/c1-7(2)9-5-4-6-13(9)11(16)12-8(3)10(14)15/h7-9H,4-6H2,1-3H3,(H,12,16)(H,14,15)/t8-,9?/m1/s1. The molecule has 5 nitrogen and oxygen atoms in total. The van der Waals surface area contributed by atoms with Gasteiger partial charge in [0.25, 0.3) is 0 Å². The highest BCUT2D eigenvalue weighted by atomic mass is 16.4. The van der Waals surface area contributed by atoms with Gasteiger partial charge in [0.1, 0.15) is 6.04 Å². The van der Waals surface area contributed by atoms with E-state index in [1.165, 1.54) is 6.92 Å². The molecular weight excluding hydrogens is 208 g/mol. The molecule has 1 heterocycles. The Bertz CT molecular complexity index is 278. The molecule has 1 unspecified atom stereocenters. The van der Waals surface area contributed by atoms with Gasteiger partial charge in [0, 0.05) is 12.6 Å². The first-order valence-corrected chi connectivity index (χ1v) is 5.73. The van der Waals surface area contributed by atoms with Gasteiger partial charge >= 0.3 is 12.0 Å². The number of hydrogen-bond donors (Lipinski definition) is 2. The lowest BCUT2D eigenvalue weighted by Crippen LogP contribution is -2.49. The zero-order chi connectivity index (χ0) is 12.3. The van der Waals surface area contributed by atoms with Gasteiger partial charge in [-0.25, -0.2) is 4.79 Å². The SMILES string of the molecule is CC(C)C1CCCN1C(=O)N[C@H](C)C(=O)O. The quantitative estimate of drug-likeness (QED) is 0.764. The molecule has 0 bridgehead atoms. The van der Waals surface area contributed by atoms with Gasteiger partial charge in [-0.15, -0.1) is 0 Å². The van der Waals surface area contributed by atoms with E-state index in [0.717, 1.165) is 19.4 Å². The van der Waals surface area contributed by atoms with Gasteiger partial charge in [0.2, 0.25) is 0 Å². The number of carbonyl (C=O) groups is 2. The van der Waals surface area contributed by atoms with Crippen molar-refractivity contribution in [2.45, 2.75) is 45.7 Å². The number of carboxylic acids is 1. The highest BCUT2D eigenvalue weighted by molar-refractivity contribution is 5.82. The molecule has 1 aliphatic heterocycles. The van der Waals surface area contributed by atoms with Crippen molar-refractivity contribution in [3.05, 3.63) is 0 Å². The van der Waals surface area contributed by atoms with Crippen molar-refractivity contribution < 1.29 is 14.7 Å². The van der Waals surface area contributed by atoms with Gasteiger partial charge in [0.05, 0.1) is 0 Å². The largest absolute Gasteiger partial charge is 0.480 e. The molecule has 2 amide bonds. The number of likely N-dealkylation sites (tertiary alicyclic amines) is 1. The van der Waals surface area contributed by atoms with Gasteiger partial charge in [-0.2, -0.15) is 0 Å². The summed E-state index contributed by atoms with van der Waals surface area (Å²) in [7, 11) is 0. The number of urea groups is 1. The van der Waals surface area contributed by atoms with Crippen LogP contribution >= 0.6 is 0 Å². The summed E-state index contributed by atoms with van der Waals surface area (Å²) in [5.41, 5.74) is 0. The molecule has 0 aromatic heterocycles. The average molecular weight is 228 g/mol. The van der Waals surface area contributed by atoms with Crippen LogP contribution in [0.2, 0.25) is 0 Å². The van der Waals surface area contributed by atoms with Crippen LogP contribution in [-0.2, 0) is 4.79 Å². The summed E-state index contributed by atoms with van der Waals surface area (Å²) in [6, 6.07) is -0.854. The van der Waals surface area contributed by atoms with Gasteiger partial charge in [0.15, 0.2) is 0 Å². The van der Waals surface area contributed by atoms with E-state index in [2.05, 4.69) is 19.2 Å². The van der Waals surface area contributed by atoms with Crippen LogP contribution in [0.15, 0.2) is 0 Å². The topological polar surface area (TPSA) is 69.6 Å². The van der Waals surface area contributed by atoms with Crippen LogP contribution in [0.5, 0.6) is 0 Å². The van der Waals surface area contributed by atoms with E-state index in [4.69, 9.17) is 5.11 Å². The maximum Gasteiger partial charge on any atom is 0.325 e. The van der Waals surface area contributed by atoms with Crippen LogP contribution in [0.4, 0.5) is 4.79 Å². The Balaban J connectivity index is 2.56. The van der Waals surface area contributed by atoms with Crippen molar-refractivity contribution in [3.8, 4) is 0 Å². The number of nitrogens with zero attached hydrogens (tertiary/aromatic N) is 1.